The zero-order chi connectivity index (χ0) is 13.2. The maximum atomic E-state index is 5.93. The Morgan fingerprint density at radius 3 is 2.89 bits per heavy atom. The maximum absolute atomic E-state index is 5.93. The second-order valence-corrected chi connectivity index (χ2v) is 5.04. The van der Waals surface area contributed by atoms with Gasteiger partial charge in [-0.05, 0) is 25.6 Å². The van der Waals surface area contributed by atoms with Gasteiger partial charge in [-0.15, -0.1) is 0 Å². The van der Waals surface area contributed by atoms with Gasteiger partial charge in [0.05, 0.1) is 0 Å². The fraction of sp³-hybridized carbons (Fsp3) is 0.429. The Balaban J connectivity index is 1.57. The molecule has 0 bridgehead atoms. The summed E-state index contributed by atoms with van der Waals surface area (Å²) in [7, 11) is 2.06. The highest BCUT2D eigenvalue weighted by molar-refractivity contribution is 5.37. The van der Waals surface area contributed by atoms with Crippen molar-refractivity contribution < 1.29 is 9.37 Å². The van der Waals surface area contributed by atoms with E-state index >= 15 is 0 Å². The van der Waals surface area contributed by atoms with Crippen LogP contribution in [0.15, 0.2) is 28.9 Å². The van der Waals surface area contributed by atoms with E-state index < -0.39 is 0 Å². The van der Waals surface area contributed by atoms with E-state index in [9.17, 15) is 0 Å². The van der Waals surface area contributed by atoms with Crippen molar-refractivity contribution >= 4 is 0 Å². The van der Waals surface area contributed by atoms with Crippen LogP contribution in [-0.2, 0) is 13.0 Å². The lowest BCUT2D eigenvalue weighted by Gasteiger charge is -2.19. The summed E-state index contributed by atoms with van der Waals surface area (Å²) in [5.41, 5.74) is 3.03. The second-order valence-electron chi connectivity index (χ2n) is 5.04. The summed E-state index contributed by atoms with van der Waals surface area (Å²) in [6.45, 7) is 3.49. The van der Waals surface area contributed by atoms with Gasteiger partial charge in [-0.1, -0.05) is 28.5 Å². The van der Waals surface area contributed by atoms with Crippen molar-refractivity contribution in [1.29, 1.82) is 0 Å². The first-order valence-corrected chi connectivity index (χ1v) is 6.43. The van der Waals surface area contributed by atoms with Gasteiger partial charge in [-0.2, -0.15) is 0 Å². The minimum atomic E-state index is 0.211. The minimum absolute atomic E-state index is 0.211. The van der Waals surface area contributed by atoms with E-state index in [1.807, 2.05) is 19.1 Å². The van der Waals surface area contributed by atoms with Gasteiger partial charge in [-0.25, -0.2) is 4.63 Å². The highest BCUT2D eigenvalue weighted by Gasteiger charge is 2.23. The monoisotopic (exact) mass is 259 g/mol. The second kappa shape index (κ2) is 5.01. The van der Waals surface area contributed by atoms with Crippen LogP contribution < -0.4 is 4.74 Å². The first-order valence-electron chi connectivity index (χ1n) is 6.43. The van der Waals surface area contributed by atoms with Crippen molar-refractivity contribution in [1.82, 2.24) is 15.2 Å². The quantitative estimate of drug-likeness (QED) is 0.838. The molecule has 1 atom stereocenters. The largest absolute Gasteiger partial charge is 0.488 e. The molecule has 0 saturated carbocycles. The molecular formula is C14H17N3O2. The molecule has 0 amide bonds. The third kappa shape index (κ3) is 2.61. The Morgan fingerprint density at radius 2 is 2.16 bits per heavy atom. The van der Waals surface area contributed by atoms with Crippen molar-refractivity contribution in [3.8, 4) is 5.75 Å². The first kappa shape index (κ1) is 12.2. The lowest BCUT2D eigenvalue weighted by molar-refractivity contribution is 0.162. The summed E-state index contributed by atoms with van der Waals surface area (Å²) < 4.78 is 10.6. The molecule has 5 nitrogen and oxygen atoms in total. The Hall–Kier alpha value is -1.88. The molecule has 1 aromatic carbocycles. The first-order chi connectivity index (χ1) is 9.22. The van der Waals surface area contributed by atoms with E-state index in [2.05, 4.69) is 34.4 Å². The topological polar surface area (TPSA) is 51.4 Å². The number of aryl methyl sites for hydroxylation is 1. The van der Waals surface area contributed by atoms with Crippen LogP contribution in [0.3, 0.4) is 0 Å². The molecule has 5 heteroatoms. The molecule has 1 aromatic heterocycles. The summed E-state index contributed by atoms with van der Waals surface area (Å²) in [5, 5.41) is 7.69. The van der Waals surface area contributed by atoms with E-state index in [0.29, 0.717) is 0 Å². The normalized spacial score (nSPS) is 17.5. The minimum Gasteiger partial charge on any atom is -0.488 e. The summed E-state index contributed by atoms with van der Waals surface area (Å²) in [4.78, 5) is 2.18. The number of fused-ring (bicyclic) bond motifs is 1. The molecule has 0 spiro atoms. The van der Waals surface area contributed by atoms with Gasteiger partial charge in [0, 0.05) is 19.5 Å². The number of aromatic nitrogens is 2. The molecule has 2 heterocycles. The number of hydrogen-bond acceptors (Lipinski definition) is 5. The zero-order valence-electron chi connectivity index (χ0n) is 11.2. The SMILES string of the molecule is Cc1nonc1CN(C)C[C@@H]1Cc2ccccc2O1. The Labute approximate surface area is 112 Å². The average Bonchev–Trinajstić information content (AvgIpc) is 2.95. The van der Waals surface area contributed by atoms with Crippen LogP contribution in [-0.4, -0.2) is 34.9 Å². The van der Waals surface area contributed by atoms with E-state index in [-0.39, 0.29) is 6.10 Å². The van der Waals surface area contributed by atoms with Gasteiger partial charge < -0.3 is 4.74 Å². The van der Waals surface area contributed by atoms with E-state index in [4.69, 9.17) is 9.37 Å². The lowest BCUT2D eigenvalue weighted by atomic mass is 10.1. The molecule has 0 aliphatic carbocycles. The predicted molar refractivity (Wildman–Crippen MR) is 69.9 cm³/mol. The average molecular weight is 259 g/mol. The summed E-state index contributed by atoms with van der Waals surface area (Å²) in [5.74, 6) is 1.01. The van der Waals surface area contributed by atoms with Gasteiger partial charge >= 0.3 is 0 Å². The van der Waals surface area contributed by atoms with Crippen LogP contribution in [0.1, 0.15) is 17.0 Å². The van der Waals surface area contributed by atoms with Crippen LogP contribution >= 0.6 is 0 Å². The molecule has 100 valence electrons. The Bertz CT molecular complexity index is 542. The van der Waals surface area contributed by atoms with Crippen molar-refractivity contribution in [3.63, 3.8) is 0 Å². The lowest BCUT2D eigenvalue weighted by Crippen LogP contribution is -2.31. The summed E-state index contributed by atoms with van der Waals surface area (Å²) in [6, 6.07) is 8.22. The highest BCUT2D eigenvalue weighted by atomic mass is 16.6. The standard InChI is InChI=1S/C14H17N3O2/c1-10-13(16-19-15-10)9-17(2)8-12-7-11-5-3-4-6-14(11)18-12/h3-6,12H,7-9H2,1-2H3/t12-/m0/s1. The van der Waals surface area contributed by atoms with Gasteiger partial charge in [-0.3, -0.25) is 4.90 Å². The molecule has 0 saturated heterocycles. The van der Waals surface area contributed by atoms with Gasteiger partial charge in [0.2, 0.25) is 0 Å². The molecule has 0 radical (unpaired) electrons. The number of para-hydroxylation sites is 1. The molecule has 3 rings (SSSR count). The zero-order valence-corrected chi connectivity index (χ0v) is 11.2. The Kier molecular flexibility index (Phi) is 3.21. The van der Waals surface area contributed by atoms with Crippen LogP contribution in [0.4, 0.5) is 0 Å². The van der Waals surface area contributed by atoms with E-state index in [1.54, 1.807) is 0 Å². The molecule has 0 unspecified atom stereocenters. The van der Waals surface area contributed by atoms with Crippen molar-refractivity contribution in [2.24, 2.45) is 0 Å². The van der Waals surface area contributed by atoms with Crippen LogP contribution in [0, 0.1) is 6.92 Å². The number of nitrogens with zero attached hydrogens (tertiary/aromatic N) is 3. The predicted octanol–water partition coefficient (Wildman–Crippen LogP) is 1.81. The van der Waals surface area contributed by atoms with E-state index in [1.165, 1.54) is 5.56 Å². The smallest absolute Gasteiger partial charge is 0.123 e. The maximum Gasteiger partial charge on any atom is 0.123 e. The summed E-state index contributed by atoms with van der Waals surface area (Å²) >= 11 is 0. The van der Waals surface area contributed by atoms with Crippen molar-refractivity contribution in [2.45, 2.75) is 26.0 Å². The molecule has 0 fully saturated rings. The van der Waals surface area contributed by atoms with Crippen molar-refractivity contribution in [3.05, 3.63) is 41.2 Å². The number of benzene rings is 1. The molecule has 19 heavy (non-hydrogen) atoms. The summed E-state index contributed by atoms with van der Waals surface area (Å²) in [6.07, 6.45) is 1.18. The number of hydrogen-bond donors (Lipinski definition) is 0. The van der Waals surface area contributed by atoms with Gasteiger partial charge in [0.15, 0.2) is 0 Å². The van der Waals surface area contributed by atoms with Gasteiger partial charge in [0.1, 0.15) is 23.2 Å². The van der Waals surface area contributed by atoms with Crippen LogP contribution in [0.25, 0.3) is 0 Å². The van der Waals surface area contributed by atoms with E-state index in [0.717, 1.165) is 36.6 Å². The third-order valence-corrected chi connectivity index (χ3v) is 3.40. The van der Waals surface area contributed by atoms with Gasteiger partial charge in [0.25, 0.3) is 0 Å². The molecule has 1 aliphatic rings. The van der Waals surface area contributed by atoms with Crippen LogP contribution in [0.5, 0.6) is 5.75 Å². The molecule has 0 N–H and O–H groups in total. The van der Waals surface area contributed by atoms with Crippen molar-refractivity contribution in [2.75, 3.05) is 13.6 Å². The number of likely N-dealkylation sites (N-methyl/N-ethyl adjacent to an activating group) is 1. The number of rotatable bonds is 4. The Morgan fingerprint density at radius 1 is 1.32 bits per heavy atom. The number of ether oxygens (including phenoxy) is 1. The third-order valence-electron chi connectivity index (χ3n) is 3.40. The molecule has 2 aromatic rings. The fourth-order valence-electron chi connectivity index (χ4n) is 2.42. The molecular weight excluding hydrogens is 242 g/mol. The fourth-order valence-corrected chi connectivity index (χ4v) is 2.42. The highest BCUT2D eigenvalue weighted by Crippen LogP contribution is 2.28. The van der Waals surface area contributed by atoms with Crippen LogP contribution in [0.2, 0.25) is 0 Å². The molecule has 1 aliphatic heterocycles.